The van der Waals surface area contributed by atoms with Crippen LogP contribution >= 0.6 is 11.5 Å². The largest absolute Gasteiger partial charge is 0.487 e. The zero-order valence-corrected chi connectivity index (χ0v) is 11.1. The lowest BCUT2D eigenvalue weighted by atomic mass is 10.1. The highest BCUT2D eigenvalue weighted by atomic mass is 32.1. The molecule has 0 fully saturated rings. The minimum Gasteiger partial charge on any atom is -0.487 e. The molecule has 1 aliphatic carbocycles. The Morgan fingerprint density at radius 3 is 3.11 bits per heavy atom. The zero-order chi connectivity index (χ0) is 12.4. The van der Waals surface area contributed by atoms with Gasteiger partial charge < -0.3 is 10.1 Å². The van der Waals surface area contributed by atoms with Crippen LogP contribution < -0.4 is 10.1 Å². The van der Waals surface area contributed by atoms with Crippen molar-refractivity contribution in [1.29, 1.82) is 0 Å². The predicted molar refractivity (Wildman–Crippen MR) is 72.3 cm³/mol. The normalized spacial score (nSPS) is 13.4. The number of fused-ring (bicyclic) bond motifs is 1. The highest BCUT2D eigenvalue weighted by Gasteiger charge is 2.12. The summed E-state index contributed by atoms with van der Waals surface area (Å²) in [6.45, 7) is 0.464. The number of rotatable bonds is 4. The molecule has 0 bridgehead atoms. The summed E-state index contributed by atoms with van der Waals surface area (Å²) in [7, 11) is 1.87. The Hall–Kier alpha value is -1.62. The highest BCUT2D eigenvalue weighted by Crippen LogP contribution is 2.27. The third-order valence-corrected chi connectivity index (χ3v) is 4.01. The van der Waals surface area contributed by atoms with Gasteiger partial charge in [0.05, 0.1) is 0 Å². The minimum atomic E-state index is 0.464. The van der Waals surface area contributed by atoms with Crippen LogP contribution in [0.1, 0.15) is 23.2 Å². The molecule has 5 heteroatoms. The van der Waals surface area contributed by atoms with Gasteiger partial charge >= 0.3 is 0 Å². The number of nitrogens with zero attached hydrogens (tertiary/aromatic N) is 2. The molecule has 0 radical (unpaired) electrons. The van der Waals surface area contributed by atoms with Crippen molar-refractivity contribution in [2.24, 2.45) is 0 Å². The number of hydrogen-bond acceptors (Lipinski definition) is 5. The summed E-state index contributed by atoms with van der Waals surface area (Å²) < 4.78 is 9.69. The third kappa shape index (κ3) is 2.18. The van der Waals surface area contributed by atoms with Gasteiger partial charge in [-0.2, -0.15) is 0 Å². The zero-order valence-electron chi connectivity index (χ0n) is 10.3. The number of nitrogens with one attached hydrogen (secondary N) is 1. The summed E-state index contributed by atoms with van der Waals surface area (Å²) in [5.41, 5.74) is 3.76. The molecule has 0 aliphatic heterocycles. The molecular formula is C13H15N3OS. The molecule has 3 rings (SSSR count). The van der Waals surface area contributed by atoms with Crippen LogP contribution in [0.15, 0.2) is 18.2 Å². The number of aromatic nitrogens is 2. The fourth-order valence-corrected chi connectivity index (χ4v) is 2.80. The van der Waals surface area contributed by atoms with Gasteiger partial charge in [0.2, 0.25) is 0 Å². The van der Waals surface area contributed by atoms with Crippen molar-refractivity contribution < 1.29 is 4.74 Å². The van der Waals surface area contributed by atoms with Crippen LogP contribution in [0.5, 0.6) is 5.75 Å². The van der Waals surface area contributed by atoms with E-state index < -0.39 is 0 Å². The third-order valence-electron chi connectivity index (χ3n) is 3.23. The summed E-state index contributed by atoms with van der Waals surface area (Å²) in [6.07, 6.45) is 3.64. The van der Waals surface area contributed by atoms with Crippen LogP contribution in [0.2, 0.25) is 0 Å². The molecule has 0 saturated carbocycles. The van der Waals surface area contributed by atoms with Crippen LogP contribution in [0.25, 0.3) is 0 Å². The number of aryl methyl sites for hydroxylation is 2. The quantitative estimate of drug-likeness (QED) is 0.919. The second kappa shape index (κ2) is 4.94. The van der Waals surface area contributed by atoms with Crippen LogP contribution in [-0.4, -0.2) is 16.6 Å². The first-order valence-corrected chi connectivity index (χ1v) is 6.88. The number of ether oxygens (including phenoxy) is 1. The number of hydrogen-bond donors (Lipinski definition) is 1. The molecular weight excluding hydrogens is 246 g/mol. The molecule has 94 valence electrons. The van der Waals surface area contributed by atoms with Crippen molar-refractivity contribution >= 4 is 16.5 Å². The predicted octanol–water partition coefficient (Wildman–Crippen LogP) is 2.65. The second-order valence-corrected chi connectivity index (χ2v) is 5.13. The van der Waals surface area contributed by atoms with Gasteiger partial charge in [0.25, 0.3) is 0 Å². The van der Waals surface area contributed by atoms with Crippen molar-refractivity contribution in [1.82, 2.24) is 9.59 Å². The molecule has 4 nitrogen and oxygen atoms in total. The molecule has 1 aliphatic rings. The van der Waals surface area contributed by atoms with E-state index in [-0.39, 0.29) is 0 Å². The highest BCUT2D eigenvalue weighted by molar-refractivity contribution is 7.10. The fourth-order valence-electron chi connectivity index (χ4n) is 2.28. The first kappa shape index (κ1) is 11.5. The van der Waals surface area contributed by atoms with E-state index in [0.717, 1.165) is 16.4 Å². The Morgan fingerprint density at radius 1 is 1.33 bits per heavy atom. The topological polar surface area (TPSA) is 47.0 Å². The second-order valence-electron chi connectivity index (χ2n) is 4.37. The van der Waals surface area contributed by atoms with Crippen LogP contribution in [0.4, 0.5) is 5.00 Å². The monoisotopic (exact) mass is 261 g/mol. The Balaban J connectivity index is 1.70. The maximum atomic E-state index is 5.78. The van der Waals surface area contributed by atoms with E-state index in [2.05, 4.69) is 27.0 Å². The standard InChI is InChI=1S/C13H15N3OS/c1-14-13-12(15-16-18-13)8-17-11-6-5-9-3-2-4-10(9)7-11/h5-7,14H,2-4,8H2,1H3. The SMILES string of the molecule is CNc1snnc1COc1ccc2c(c1)CCC2. The summed E-state index contributed by atoms with van der Waals surface area (Å²) in [6, 6.07) is 6.38. The summed E-state index contributed by atoms with van der Waals surface area (Å²) in [4.78, 5) is 0. The van der Waals surface area contributed by atoms with Gasteiger partial charge in [-0.05, 0) is 42.5 Å². The van der Waals surface area contributed by atoms with E-state index in [9.17, 15) is 0 Å². The number of anilines is 1. The minimum absolute atomic E-state index is 0.464. The van der Waals surface area contributed by atoms with Gasteiger partial charge in [-0.1, -0.05) is 10.6 Å². The molecule has 18 heavy (non-hydrogen) atoms. The van der Waals surface area contributed by atoms with Gasteiger partial charge in [-0.15, -0.1) is 5.10 Å². The first-order valence-electron chi connectivity index (χ1n) is 6.10. The summed E-state index contributed by atoms with van der Waals surface area (Å²) >= 11 is 1.35. The fraction of sp³-hybridized carbons (Fsp3) is 0.385. The molecule has 1 aromatic carbocycles. The van der Waals surface area contributed by atoms with Gasteiger partial charge in [-0.3, -0.25) is 0 Å². The Bertz CT molecular complexity index is 553. The lowest BCUT2D eigenvalue weighted by Gasteiger charge is -2.07. The van der Waals surface area contributed by atoms with Crippen LogP contribution in [0, 0.1) is 0 Å². The van der Waals surface area contributed by atoms with E-state index >= 15 is 0 Å². The average molecular weight is 261 g/mol. The molecule has 1 heterocycles. The maximum absolute atomic E-state index is 5.78. The molecule has 0 unspecified atom stereocenters. The van der Waals surface area contributed by atoms with Crippen LogP contribution in [0.3, 0.4) is 0 Å². The van der Waals surface area contributed by atoms with Crippen molar-refractivity contribution in [2.45, 2.75) is 25.9 Å². The van der Waals surface area contributed by atoms with Crippen molar-refractivity contribution in [3.63, 3.8) is 0 Å². The van der Waals surface area contributed by atoms with E-state index in [1.807, 2.05) is 13.1 Å². The van der Waals surface area contributed by atoms with Gasteiger partial charge in [0.15, 0.2) is 0 Å². The maximum Gasteiger partial charge on any atom is 0.136 e. The molecule has 0 spiro atoms. The Kier molecular flexibility index (Phi) is 3.15. The molecule has 0 atom stereocenters. The lowest BCUT2D eigenvalue weighted by molar-refractivity contribution is 0.301. The molecule has 1 aromatic heterocycles. The molecule has 0 saturated heterocycles. The average Bonchev–Trinajstić information content (AvgIpc) is 3.04. The Morgan fingerprint density at radius 2 is 2.22 bits per heavy atom. The van der Waals surface area contributed by atoms with Crippen molar-refractivity contribution in [3.05, 3.63) is 35.0 Å². The first-order chi connectivity index (χ1) is 8.86. The van der Waals surface area contributed by atoms with E-state index in [4.69, 9.17) is 4.74 Å². The van der Waals surface area contributed by atoms with E-state index in [1.54, 1.807) is 0 Å². The smallest absolute Gasteiger partial charge is 0.136 e. The molecule has 0 amide bonds. The summed E-state index contributed by atoms with van der Waals surface area (Å²) in [5.74, 6) is 0.922. The van der Waals surface area contributed by atoms with E-state index in [0.29, 0.717) is 6.61 Å². The molecule has 2 aromatic rings. The lowest BCUT2D eigenvalue weighted by Crippen LogP contribution is -2.00. The van der Waals surface area contributed by atoms with Gasteiger partial charge in [-0.25, -0.2) is 0 Å². The Labute approximate surface area is 110 Å². The van der Waals surface area contributed by atoms with E-state index in [1.165, 1.54) is 41.9 Å². The van der Waals surface area contributed by atoms with Gasteiger partial charge in [0, 0.05) is 18.6 Å². The van der Waals surface area contributed by atoms with Gasteiger partial charge in [0.1, 0.15) is 23.1 Å². The summed E-state index contributed by atoms with van der Waals surface area (Å²) in [5, 5.41) is 8.09. The molecule has 1 N–H and O–H groups in total. The van der Waals surface area contributed by atoms with Crippen molar-refractivity contribution in [3.8, 4) is 5.75 Å². The number of benzene rings is 1. The van der Waals surface area contributed by atoms with Crippen LogP contribution in [-0.2, 0) is 19.4 Å². The van der Waals surface area contributed by atoms with Crippen molar-refractivity contribution in [2.75, 3.05) is 12.4 Å².